The molecule has 2 aliphatic heterocycles. The first kappa shape index (κ1) is 16.7. The van der Waals surface area contributed by atoms with Crippen LogP contribution in [0.1, 0.15) is 30.1 Å². The van der Waals surface area contributed by atoms with Crippen molar-refractivity contribution in [1.82, 2.24) is 14.5 Å². The van der Waals surface area contributed by atoms with Crippen molar-refractivity contribution < 1.29 is 13.9 Å². The van der Waals surface area contributed by atoms with Crippen molar-refractivity contribution in [2.75, 3.05) is 13.3 Å². The summed E-state index contributed by atoms with van der Waals surface area (Å²) < 4.78 is 19.1. The molecule has 1 unspecified atom stereocenters. The maximum atomic E-state index is 6.41. The van der Waals surface area contributed by atoms with Crippen LogP contribution >= 0.6 is 11.6 Å². The molecular weight excluding hydrogens is 366 g/mol. The topological polar surface area (TPSA) is 52.7 Å². The zero-order chi connectivity index (χ0) is 18.5. The fourth-order valence-electron chi connectivity index (χ4n) is 3.81. The van der Waals surface area contributed by atoms with Crippen LogP contribution in [0.25, 0.3) is 11.5 Å². The van der Waals surface area contributed by atoms with Gasteiger partial charge in [0, 0.05) is 43.6 Å². The first-order valence-corrected chi connectivity index (χ1v) is 9.43. The number of halogens is 1. The molecule has 27 heavy (non-hydrogen) atoms. The van der Waals surface area contributed by atoms with E-state index in [0.717, 1.165) is 36.7 Å². The fourth-order valence-corrected chi connectivity index (χ4v) is 4.04. The van der Waals surface area contributed by atoms with E-state index in [1.54, 1.807) is 6.07 Å². The lowest BCUT2D eigenvalue weighted by Crippen LogP contribution is -2.36. The summed E-state index contributed by atoms with van der Waals surface area (Å²) in [6, 6.07) is 8.21. The molecule has 0 bridgehead atoms. The van der Waals surface area contributed by atoms with Gasteiger partial charge in [-0.25, -0.2) is 4.98 Å². The minimum atomic E-state index is 0.208. The smallest absolute Gasteiger partial charge is 0.231 e. The average Bonchev–Trinajstić information content (AvgIpc) is 3.36. The molecule has 1 aromatic carbocycles. The molecule has 6 nitrogen and oxygen atoms in total. The van der Waals surface area contributed by atoms with E-state index in [2.05, 4.69) is 34.7 Å². The molecule has 0 aliphatic carbocycles. The first-order chi connectivity index (χ1) is 13.1. The molecular formula is C20H20ClN3O3. The Balaban J connectivity index is 1.43. The Morgan fingerprint density at radius 1 is 1.22 bits per heavy atom. The number of fused-ring (bicyclic) bond motifs is 2. The lowest BCUT2D eigenvalue weighted by atomic mass is 10.1. The van der Waals surface area contributed by atoms with Gasteiger partial charge >= 0.3 is 0 Å². The molecule has 4 heterocycles. The maximum Gasteiger partial charge on any atom is 0.231 e. The number of nitrogens with zero attached hydrogens (tertiary/aromatic N) is 3. The van der Waals surface area contributed by atoms with Gasteiger partial charge in [-0.3, -0.25) is 4.90 Å². The van der Waals surface area contributed by atoms with E-state index in [4.69, 9.17) is 30.5 Å². The fraction of sp³-hybridized carbons (Fsp3) is 0.350. The number of oxazole rings is 1. The molecule has 3 aromatic rings. The van der Waals surface area contributed by atoms with E-state index in [9.17, 15) is 0 Å². The molecule has 5 rings (SSSR count). The molecule has 0 fully saturated rings. The Bertz CT molecular complexity index is 1010. The lowest BCUT2D eigenvalue weighted by molar-refractivity contribution is 0.158. The van der Waals surface area contributed by atoms with Crippen LogP contribution in [0.4, 0.5) is 0 Å². The number of rotatable bonds is 3. The van der Waals surface area contributed by atoms with Crippen LogP contribution in [0.3, 0.4) is 0 Å². The summed E-state index contributed by atoms with van der Waals surface area (Å²) in [5.41, 5.74) is 2.99. The van der Waals surface area contributed by atoms with E-state index in [0.29, 0.717) is 28.5 Å². The highest BCUT2D eigenvalue weighted by Crippen LogP contribution is 2.41. The molecule has 0 amide bonds. The first-order valence-electron chi connectivity index (χ1n) is 9.05. The molecule has 140 valence electrons. The molecule has 7 heteroatoms. The molecule has 0 spiro atoms. The van der Waals surface area contributed by atoms with Crippen molar-refractivity contribution in [1.29, 1.82) is 0 Å². The van der Waals surface area contributed by atoms with Gasteiger partial charge in [0.15, 0.2) is 11.5 Å². The van der Waals surface area contributed by atoms with Gasteiger partial charge in [0.05, 0.1) is 16.3 Å². The predicted octanol–water partition coefficient (Wildman–Crippen LogP) is 4.41. The number of aromatic nitrogens is 2. The van der Waals surface area contributed by atoms with Crippen LogP contribution in [0, 0.1) is 6.92 Å². The lowest BCUT2D eigenvalue weighted by Gasteiger charge is -2.34. The maximum absolute atomic E-state index is 6.41. The Kier molecular flexibility index (Phi) is 3.91. The Morgan fingerprint density at radius 3 is 2.89 bits per heavy atom. The summed E-state index contributed by atoms with van der Waals surface area (Å²) in [6.45, 7) is 7.10. The van der Waals surface area contributed by atoms with E-state index in [-0.39, 0.29) is 6.79 Å². The summed E-state index contributed by atoms with van der Waals surface area (Å²) in [4.78, 5) is 7.16. The third-order valence-corrected chi connectivity index (χ3v) is 5.72. The largest absolute Gasteiger partial charge is 0.454 e. The van der Waals surface area contributed by atoms with Gasteiger partial charge < -0.3 is 18.5 Å². The highest BCUT2D eigenvalue weighted by Gasteiger charge is 2.26. The molecule has 0 saturated heterocycles. The predicted molar refractivity (Wildman–Crippen MR) is 101 cm³/mol. The quantitative estimate of drug-likeness (QED) is 0.668. The van der Waals surface area contributed by atoms with Crippen molar-refractivity contribution in [3.63, 3.8) is 0 Å². The van der Waals surface area contributed by atoms with Crippen molar-refractivity contribution in [2.45, 2.75) is 33.0 Å². The van der Waals surface area contributed by atoms with Crippen LogP contribution in [-0.2, 0) is 13.1 Å². The van der Waals surface area contributed by atoms with Gasteiger partial charge in [-0.2, -0.15) is 0 Å². The standard InChI is InChI=1S/C20H20ClN3O3/c1-12-17-4-3-5-23(17)6-7-24(12)10-16-13(2)27-20(22-16)14-8-18-19(9-15(14)21)26-11-25-18/h3-5,8-9,12H,6-7,10-11H2,1-2H3. The second-order valence-electron chi connectivity index (χ2n) is 6.98. The van der Waals surface area contributed by atoms with E-state index < -0.39 is 0 Å². The molecule has 2 aliphatic rings. The van der Waals surface area contributed by atoms with Crippen molar-refractivity contribution in [3.8, 4) is 23.0 Å². The van der Waals surface area contributed by atoms with E-state index in [1.165, 1.54) is 5.69 Å². The van der Waals surface area contributed by atoms with Gasteiger partial charge in [0.2, 0.25) is 12.7 Å². The average molecular weight is 386 g/mol. The van der Waals surface area contributed by atoms with Crippen LogP contribution in [0.2, 0.25) is 5.02 Å². The van der Waals surface area contributed by atoms with Crippen LogP contribution in [0.15, 0.2) is 34.9 Å². The second kappa shape index (κ2) is 6.32. The van der Waals surface area contributed by atoms with Gasteiger partial charge in [-0.1, -0.05) is 11.6 Å². The number of hydrogen-bond donors (Lipinski definition) is 0. The molecule has 2 aromatic heterocycles. The third kappa shape index (κ3) is 2.80. The summed E-state index contributed by atoms with van der Waals surface area (Å²) in [5, 5.41) is 0.538. The van der Waals surface area contributed by atoms with Gasteiger partial charge in [0.25, 0.3) is 0 Å². The SMILES string of the molecule is Cc1oc(-c2cc3c(cc2Cl)OCO3)nc1CN1CCn2cccc2C1C. The number of hydrogen-bond acceptors (Lipinski definition) is 5. The molecule has 0 N–H and O–H groups in total. The van der Waals surface area contributed by atoms with Gasteiger partial charge in [-0.05, 0) is 32.0 Å². The minimum absolute atomic E-state index is 0.208. The monoisotopic (exact) mass is 385 g/mol. The van der Waals surface area contributed by atoms with Crippen LogP contribution in [-0.4, -0.2) is 27.8 Å². The molecule has 1 atom stereocenters. The van der Waals surface area contributed by atoms with Crippen molar-refractivity contribution in [2.24, 2.45) is 0 Å². The Hall–Kier alpha value is -2.44. The zero-order valence-electron chi connectivity index (χ0n) is 15.2. The van der Waals surface area contributed by atoms with E-state index >= 15 is 0 Å². The van der Waals surface area contributed by atoms with Crippen molar-refractivity contribution >= 4 is 11.6 Å². The summed E-state index contributed by atoms with van der Waals surface area (Å²) in [5.74, 6) is 2.64. The number of aryl methyl sites for hydroxylation is 1. The minimum Gasteiger partial charge on any atom is -0.454 e. The molecule has 0 radical (unpaired) electrons. The highest BCUT2D eigenvalue weighted by molar-refractivity contribution is 6.33. The normalized spacial score (nSPS) is 18.7. The van der Waals surface area contributed by atoms with Gasteiger partial charge in [-0.15, -0.1) is 0 Å². The molecule has 0 saturated carbocycles. The third-order valence-electron chi connectivity index (χ3n) is 5.41. The Labute approximate surface area is 162 Å². The summed E-state index contributed by atoms with van der Waals surface area (Å²) >= 11 is 6.41. The Morgan fingerprint density at radius 2 is 2.04 bits per heavy atom. The number of benzene rings is 1. The zero-order valence-corrected chi connectivity index (χ0v) is 16.0. The van der Waals surface area contributed by atoms with Crippen LogP contribution in [0.5, 0.6) is 11.5 Å². The van der Waals surface area contributed by atoms with Crippen LogP contribution < -0.4 is 9.47 Å². The summed E-state index contributed by atoms with van der Waals surface area (Å²) in [6.07, 6.45) is 2.14. The highest BCUT2D eigenvalue weighted by atomic mass is 35.5. The van der Waals surface area contributed by atoms with E-state index in [1.807, 2.05) is 13.0 Å². The van der Waals surface area contributed by atoms with Crippen molar-refractivity contribution in [3.05, 3.63) is 52.6 Å². The number of ether oxygens (including phenoxy) is 2. The van der Waals surface area contributed by atoms with Gasteiger partial charge in [0.1, 0.15) is 5.76 Å². The summed E-state index contributed by atoms with van der Waals surface area (Å²) in [7, 11) is 0. The second-order valence-corrected chi connectivity index (χ2v) is 7.39.